The predicted octanol–water partition coefficient (Wildman–Crippen LogP) is 2.73. The van der Waals surface area contributed by atoms with E-state index in [9.17, 15) is 22.4 Å². The van der Waals surface area contributed by atoms with Gasteiger partial charge < -0.3 is 5.11 Å². The lowest BCUT2D eigenvalue weighted by Crippen LogP contribution is -2.08. The molecule has 0 atom stereocenters. The zero-order valence-electron chi connectivity index (χ0n) is 9.15. The summed E-state index contributed by atoms with van der Waals surface area (Å²) in [5, 5.41) is 12.2. The molecule has 0 radical (unpaired) electrons. The van der Waals surface area contributed by atoms with E-state index in [1.165, 1.54) is 0 Å². The van der Waals surface area contributed by atoms with Gasteiger partial charge in [0.1, 0.15) is 11.5 Å². The third-order valence-corrected chi connectivity index (χ3v) is 2.36. The lowest BCUT2D eigenvalue weighted by molar-refractivity contribution is -0.137. The van der Waals surface area contributed by atoms with E-state index in [2.05, 4.69) is 5.10 Å². The zero-order valence-corrected chi connectivity index (χ0v) is 9.15. The minimum absolute atomic E-state index is 0.475. The van der Waals surface area contributed by atoms with Gasteiger partial charge in [-0.25, -0.2) is 13.9 Å². The van der Waals surface area contributed by atoms with Gasteiger partial charge in [0.05, 0.1) is 17.3 Å². The first-order chi connectivity index (χ1) is 8.80. The first kappa shape index (κ1) is 13.1. The van der Waals surface area contributed by atoms with Gasteiger partial charge in [0.2, 0.25) is 0 Å². The van der Waals surface area contributed by atoms with Crippen molar-refractivity contribution in [3.05, 3.63) is 47.5 Å². The highest BCUT2D eigenvalue weighted by Crippen LogP contribution is 2.30. The maximum Gasteiger partial charge on any atom is 0.419 e. The predicted molar refractivity (Wildman–Crippen MR) is 55.5 cm³/mol. The highest BCUT2D eigenvalue weighted by molar-refractivity contribution is 5.91. The number of aromatic nitrogens is 2. The van der Waals surface area contributed by atoms with E-state index in [0.717, 1.165) is 18.2 Å². The number of carbonyl (C=O) groups is 1. The fourth-order valence-corrected chi connectivity index (χ4v) is 1.51. The highest BCUT2D eigenvalue weighted by Gasteiger charge is 2.32. The van der Waals surface area contributed by atoms with Crippen LogP contribution in [0, 0.1) is 5.82 Å². The van der Waals surface area contributed by atoms with Crippen molar-refractivity contribution in [1.82, 2.24) is 9.78 Å². The van der Waals surface area contributed by atoms with Gasteiger partial charge >= 0.3 is 12.1 Å². The average molecular weight is 274 g/mol. The van der Waals surface area contributed by atoms with Crippen molar-refractivity contribution in [2.24, 2.45) is 0 Å². The van der Waals surface area contributed by atoms with Crippen LogP contribution in [0.4, 0.5) is 17.6 Å². The van der Waals surface area contributed by atoms with E-state index < -0.39 is 34.8 Å². The topological polar surface area (TPSA) is 55.1 Å². The molecule has 0 spiro atoms. The smallest absolute Gasteiger partial charge is 0.419 e. The van der Waals surface area contributed by atoms with Gasteiger partial charge in [0.15, 0.2) is 0 Å². The molecule has 0 aliphatic heterocycles. The third-order valence-electron chi connectivity index (χ3n) is 2.36. The van der Waals surface area contributed by atoms with E-state index in [4.69, 9.17) is 5.11 Å². The van der Waals surface area contributed by atoms with Crippen LogP contribution in [0.2, 0.25) is 0 Å². The summed E-state index contributed by atoms with van der Waals surface area (Å²) in [6.07, 6.45) is -3.60. The number of rotatable bonds is 2. The molecule has 2 aromatic rings. The van der Waals surface area contributed by atoms with Crippen molar-refractivity contribution >= 4 is 5.97 Å². The summed E-state index contributed by atoms with van der Waals surface area (Å²) in [4.78, 5) is 10.9. The molecule has 0 aliphatic carbocycles. The van der Waals surface area contributed by atoms with Gasteiger partial charge in [0, 0.05) is 6.20 Å². The maximum atomic E-state index is 13.6. The summed E-state index contributed by atoms with van der Waals surface area (Å²) in [6, 6.07) is 3.17. The fraction of sp³-hybridized carbons (Fsp3) is 0.0909. The van der Waals surface area contributed by atoms with Crippen molar-refractivity contribution < 1.29 is 27.5 Å². The molecular formula is C11H6F4N2O2. The highest BCUT2D eigenvalue weighted by atomic mass is 19.4. The normalized spacial score (nSPS) is 11.6. The van der Waals surface area contributed by atoms with Crippen molar-refractivity contribution in [1.29, 1.82) is 0 Å². The number of hydrogen-bond donors (Lipinski definition) is 1. The van der Waals surface area contributed by atoms with Gasteiger partial charge in [0.25, 0.3) is 0 Å². The number of nitrogens with zero attached hydrogens (tertiary/aromatic N) is 2. The molecule has 19 heavy (non-hydrogen) atoms. The fourth-order valence-electron chi connectivity index (χ4n) is 1.51. The summed E-state index contributed by atoms with van der Waals surface area (Å²) in [5.74, 6) is -2.43. The van der Waals surface area contributed by atoms with Crippen molar-refractivity contribution in [2.45, 2.75) is 6.18 Å². The lowest BCUT2D eigenvalue weighted by atomic mass is 10.1. The van der Waals surface area contributed by atoms with Crippen LogP contribution in [0.15, 0.2) is 30.6 Å². The van der Waals surface area contributed by atoms with Gasteiger partial charge in [-0.15, -0.1) is 0 Å². The first-order valence-electron chi connectivity index (χ1n) is 4.95. The molecule has 1 heterocycles. The van der Waals surface area contributed by atoms with Crippen LogP contribution < -0.4 is 0 Å². The molecular weight excluding hydrogens is 268 g/mol. The van der Waals surface area contributed by atoms with E-state index in [-0.39, 0.29) is 0 Å². The molecule has 0 bridgehead atoms. The van der Waals surface area contributed by atoms with E-state index >= 15 is 0 Å². The summed E-state index contributed by atoms with van der Waals surface area (Å²) in [6.45, 7) is 0. The number of carboxylic acids is 1. The molecule has 0 saturated heterocycles. The van der Waals surface area contributed by atoms with E-state index in [1.54, 1.807) is 0 Å². The molecule has 1 aromatic heterocycles. The average Bonchev–Trinajstić information content (AvgIpc) is 2.77. The molecule has 0 aliphatic rings. The van der Waals surface area contributed by atoms with E-state index in [0.29, 0.717) is 17.1 Å². The molecule has 4 nitrogen and oxygen atoms in total. The van der Waals surface area contributed by atoms with Gasteiger partial charge in [-0.05, 0) is 12.1 Å². The number of halogens is 4. The molecule has 100 valence electrons. The number of alkyl halides is 3. The minimum Gasteiger partial charge on any atom is -0.478 e. The molecule has 8 heteroatoms. The maximum absolute atomic E-state index is 13.6. The second-order valence-electron chi connectivity index (χ2n) is 3.61. The quantitative estimate of drug-likeness (QED) is 0.857. The Morgan fingerprint density at radius 1 is 1.32 bits per heavy atom. The summed E-state index contributed by atoms with van der Waals surface area (Å²) in [5.41, 5.74) is -2.10. The number of aromatic carboxylic acids is 1. The van der Waals surface area contributed by atoms with Crippen molar-refractivity contribution in [3.63, 3.8) is 0 Å². The Morgan fingerprint density at radius 2 is 2.00 bits per heavy atom. The Kier molecular flexibility index (Phi) is 3.01. The Hall–Kier alpha value is -2.38. The minimum atomic E-state index is -4.63. The Labute approximate surface area is 103 Å². The lowest BCUT2D eigenvalue weighted by Gasteiger charge is -2.07. The largest absolute Gasteiger partial charge is 0.478 e. The Balaban J connectivity index is 2.59. The first-order valence-corrected chi connectivity index (χ1v) is 4.95. The number of para-hydroxylation sites is 1. The molecule has 0 unspecified atom stereocenters. The van der Waals surface area contributed by atoms with Crippen LogP contribution in [-0.2, 0) is 6.18 Å². The van der Waals surface area contributed by atoms with Crippen LogP contribution in [0.25, 0.3) is 5.69 Å². The zero-order chi connectivity index (χ0) is 14.2. The molecule has 0 saturated carbocycles. The van der Waals surface area contributed by atoms with Crippen LogP contribution in [0.5, 0.6) is 0 Å². The second kappa shape index (κ2) is 4.38. The molecule has 2 rings (SSSR count). The van der Waals surface area contributed by atoms with Crippen molar-refractivity contribution in [2.75, 3.05) is 0 Å². The number of hydrogen-bond acceptors (Lipinski definition) is 2. The third kappa shape index (κ3) is 2.42. The van der Waals surface area contributed by atoms with Crippen molar-refractivity contribution in [3.8, 4) is 5.69 Å². The van der Waals surface area contributed by atoms with Crippen LogP contribution in [0.1, 0.15) is 15.9 Å². The van der Waals surface area contributed by atoms with Crippen LogP contribution in [0.3, 0.4) is 0 Å². The number of carboxylic acid groups (broad SMARTS) is 1. The van der Waals surface area contributed by atoms with E-state index in [1.807, 2.05) is 0 Å². The molecule has 1 N–H and O–H groups in total. The summed E-state index contributed by atoms with van der Waals surface area (Å²) >= 11 is 0. The van der Waals surface area contributed by atoms with Crippen LogP contribution >= 0.6 is 0 Å². The second-order valence-corrected chi connectivity index (χ2v) is 3.61. The van der Waals surface area contributed by atoms with Gasteiger partial charge in [-0.1, -0.05) is 6.07 Å². The van der Waals surface area contributed by atoms with Crippen LogP contribution in [-0.4, -0.2) is 20.9 Å². The monoisotopic (exact) mass is 274 g/mol. The Bertz CT molecular complexity index is 634. The van der Waals surface area contributed by atoms with Gasteiger partial charge in [-0.2, -0.15) is 18.3 Å². The molecule has 0 fully saturated rings. The Morgan fingerprint density at radius 3 is 2.53 bits per heavy atom. The summed E-state index contributed by atoms with van der Waals surface area (Å²) < 4.78 is 51.4. The number of benzene rings is 1. The SMILES string of the molecule is O=C(O)c1cccc(F)c1-n1cc(C(F)(F)F)cn1. The molecule has 0 amide bonds. The molecule has 1 aromatic carbocycles. The standard InChI is InChI=1S/C11H6F4N2O2/c12-8-3-1-2-7(10(18)19)9(8)17-5-6(4-16-17)11(13,14)15/h1-5H,(H,18,19). The van der Waals surface area contributed by atoms with Gasteiger partial charge in [-0.3, -0.25) is 0 Å². The summed E-state index contributed by atoms with van der Waals surface area (Å²) in [7, 11) is 0.